The summed E-state index contributed by atoms with van der Waals surface area (Å²) in [6, 6.07) is -3.52. The van der Waals surface area contributed by atoms with Gasteiger partial charge >= 0.3 is 43.3 Å². The molecule has 0 unspecified atom stereocenters. The Balaban J connectivity index is 5.14. The quantitative estimate of drug-likeness (QED) is 0.322. The maximum Gasteiger partial charge on any atom is 0.543 e. The van der Waals surface area contributed by atoms with Gasteiger partial charge in [0, 0.05) is 0 Å². The third kappa shape index (κ3) is 7.90. The van der Waals surface area contributed by atoms with Crippen LogP contribution >= 0.6 is 0 Å². The van der Waals surface area contributed by atoms with Gasteiger partial charge in [-0.2, -0.15) is 39.9 Å². The van der Waals surface area contributed by atoms with Crippen molar-refractivity contribution in [2.24, 2.45) is 0 Å². The van der Waals surface area contributed by atoms with Crippen molar-refractivity contribution < 1.29 is 80.4 Å². The van der Waals surface area contributed by atoms with Crippen LogP contribution in [-0.4, -0.2) is 31.2 Å². The van der Waals surface area contributed by atoms with Crippen molar-refractivity contribution in [3.8, 4) is 0 Å². The van der Waals surface area contributed by atoms with Crippen LogP contribution < -0.4 is 0 Å². The van der Waals surface area contributed by atoms with Crippen molar-refractivity contribution in [2.75, 3.05) is 0 Å². The van der Waals surface area contributed by atoms with Crippen LogP contribution in [0.2, 0.25) is 0 Å². The van der Waals surface area contributed by atoms with E-state index in [1.165, 1.54) is 0 Å². The van der Waals surface area contributed by atoms with Gasteiger partial charge in [0.2, 0.25) is 0 Å². The molecule has 25 heavy (non-hydrogen) atoms. The maximum atomic E-state index is 12.5. The summed E-state index contributed by atoms with van der Waals surface area (Å²) in [5, 5.41) is 0. The van der Waals surface area contributed by atoms with Crippen LogP contribution in [0.4, 0.5) is 61.5 Å². The topological polar surface area (TPSA) is 36.9 Å². The van der Waals surface area contributed by atoms with Crippen molar-refractivity contribution in [3.05, 3.63) is 12.1 Å². The van der Waals surface area contributed by atoms with Crippen LogP contribution in [0.15, 0.2) is 12.1 Å². The molecule has 4 nitrogen and oxygen atoms in total. The average Bonchev–Trinajstić information content (AvgIpc) is 2.19. The Bertz CT molecular complexity index is 492. The molecule has 0 aromatic rings. The van der Waals surface area contributed by atoms with Gasteiger partial charge in [0.05, 0.1) is 0 Å². The molecule has 0 heterocycles. The van der Waals surface area contributed by atoms with Gasteiger partial charge in [-0.1, -0.05) is 0 Å². The molecular weight excluding hydrogens is 414 g/mol. The summed E-state index contributed by atoms with van der Waals surface area (Å²) in [6.07, 6.45) is -36.6. The van der Waals surface area contributed by atoms with Crippen molar-refractivity contribution >= 4 is 0 Å². The second-order valence-corrected chi connectivity index (χ2v) is 3.35. The monoisotopic (exact) mass is 414 g/mol. The Kier molecular flexibility index (Phi) is 6.55. The van der Waals surface area contributed by atoms with E-state index < -0.39 is 43.3 Å². The third-order valence-electron chi connectivity index (χ3n) is 1.41. The van der Waals surface area contributed by atoms with Crippen LogP contribution in [-0.2, 0) is 18.9 Å². The fraction of sp³-hybridized carbons (Fsp3) is 0.714. The first-order chi connectivity index (χ1) is 10.7. The smallest absolute Gasteiger partial charge is 0.378 e. The van der Waals surface area contributed by atoms with Crippen molar-refractivity contribution in [2.45, 2.75) is 31.2 Å². The molecule has 0 N–H and O–H groups in total. The summed E-state index contributed by atoms with van der Waals surface area (Å²) in [4.78, 5) is 0. The highest BCUT2D eigenvalue weighted by Crippen LogP contribution is 2.43. The molecule has 0 bridgehead atoms. The highest BCUT2D eigenvalue weighted by Gasteiger charge is 2.66. The predicted molar refractivity (Wildman–Crippen MR) is 40.5 cm³/mol. The number of alkyl halides is 11. The Morgan fingerprint density at radius 1 is 0.520 bits per heavy atom. The lowest BCUT2D eigenvalue weighted by Crippen LogP contribution is -2.49. The molecule has 0 amide bonds. The Morgan fingerprint density at radius 3 is 1.24 bits per heavy atom. The fourth-order valence-corrected chi connectivity index (χ4v) is 0.689. The minimum absolute atomic E-state index is 1.60. The SMILES string of the molecule is FC(F)=C(F)OC(F)(F)OC(F)(F)OC(F)(F)OC(F)(F)C(F)(F)F. The zero-order valence-electron chi connectivity index (χ0n) is 10.4. The molecule has 0 aromatic carbocycles. The Labute approximate surface area is 125 Å². The lowest BCUT2D eigenvalue weighted by Gasteiger charge is -2.27. The van der Waals surface area contributed by atoms with Crippen LogP contribution in [0.5, 0.6) is 0 Å². The fourth-order valence-electron chi connectivity index (χ4n) is 0.689. The van der Waals surface area contributed by atoms with Gasteiger partial charge in [0.15, 0.2) is 0 Å². The average molecular weight is 414 g/mol. The molecule has 0 aliphatic carbocycles. The molecule has 18 heteroatoms. The molecular formula is C7F14O4. The van der Waals surface area contributed by atoms with Gasteiger partial charge < -0.3 is 4.74 Å². The second kappa shape index (κ2) is 6.98. The van der Waals surface area contributed by atoms with E-state index in [9.17, 15) is 61.5 Å². The zero-order chi connectivity index (χ0) is 20.5. The number of hydrogen-bond acceptors (Lipinski definition) is 4. The van der Waals surface area contributed by atoms with Gasteiger partial charge in [-0.05, 0) is 0 Å². The molecule has 0 radical (unpaired) electrons. The van der Waals surface area contributed by atoms with Gasteiger partial charge in [-0.15, -0.1) is 26.3 Å². The van der Waals surface area contributed by atoms with Gasteiger partial charge in [-0.3, -0.25) is 0 Å². The van der Waals surface area contributed by atoms with E-state index in [0.29, 0.717) is 0 Å². The molecule has 150 valence electrons. The van der Waals surface area contributed by atoms with Crippen LogP contribution in [0.25, 0.3) is 0 Å². The lowest BCUT2D eigenvalue weighted by atomic mass is 10.6. The van der Waals surface area contributed by atoms with Gasteiger partial charge in [-0.25, -0.2) is 9.47 Å². The molecule has 0 aliphatic rings. The highest BCUT2D eigenvalue weighted by atomic mass is 19.4. The van der Waals surface area contributed by atoms with E-state index in [1.807, 2.05) is 4.74 Å². The van der Waals surface area contributed by atoms with Crippen molar-refractivity contribution in [1.29, 1.82) is 0 Å². The molecule has 0 atom stereocenters. The summed E-state index contributed by atoms with van der Waals surface area (Å²) in [5.41, 5.74) is 0. The minimum Gasteiger partial charge on any atom is -0.378 e. The predicted octanol–water partition coefficient (Wildman–Crippen LogP) is 4.89. The summed E-state index contributed by atoms with van der Waals surface area (Å²) in [7, 11) is 0. The second-order valence-electron chi connectivity index (χ2n) is 3.35. The van der Waals surface area contributed by atoms with Crippen LogP contribution in [0.3, 0.4) is 0 Å². The molecule has 0 aromatic heterocycles. The van der Waals surface area contributed by atoms with E-state index in [-0.39, 0.29) is 0 Å². The van der Waals surface area contributed by atoms with E-state index >= 15 is 0 Å². The van der Waals surface area contributed by atoms with Crippen molar-refractivity contribution in [1.82, 2.24) is 0 Å². The van der Waals surface area contributed by atoms with E-state index in [0.717, 1.165) is 0 Å². The van der Waals surface area contributed by atoms with Gasteiger partial charge in [0.1, 0.15) is 0 Å². The van der Waals surface area contributed by atoms with Crippen LogP contribution in [0, 0.1) is 0 Å². The summed E-state index contributed by atoms with van der Waals surface area (Å²) < 4.78 is 176. The lowest BCUT2D eigenvalue weighted by molar-refractivity contribution is -0.601. The third-order valence-corrected chi connectivity index (χ3v) is 1.41. The van der Waals surface area contributed by atoms with Crippen LogP contribution in [0.1, 0.15) is 0 Å². The molecule has 0 saturated carbocycles. The maximum absolute atomic E-state index is 12.5. The normalized spacial score (nSPS) is 14.5. The molecule has 0 spiro atoms. The summed E-state index contributed by atoms with van der Waals surface area (Å²) >= 11 is 0. The Morgan fingerprint density at radius 2 is 0.880 bits per heavy atom. The largest absolute Gasteiger partial charge is 0.543 e. The first-order valence-corrected chi connectivity index (χ1v) is 4.78. The molecule has 0 fully saturated rings. The zero-order valence-corrected chi connectivity index (χ0v) is 10.4. The number of hydrogen-bond donors (Lipinski definition) is 0. The Hall–Kier alpha value is -1.56. The molecule has 0 saturated heterocycles. The summed E-state index contributed by atoms with van der Waals surface area (Å²) in [5.74, 6) is 0. The number of ether oxygens (including phenoxy) is 4. The first-order valence-electron chi connectivity index (χ1n) is 4.78. The van der Waals surface area contributed by atoms with Crippen molar-refractivity contribution in [3.63, 3.8) is 0 Å². The standard InChI is InChI=1S/C7F14O4/c8-1(9)2(10)22-5(16,17)24-7(20,21)25-6(18,19)23-4(14,15)3(11,12)13. The van der Waals surface area contributed by atoms with E-state index in [2.05, 4.69) is 4.74 Å². The molecule has 0 aliphatic heterocycles. The van der Waals surface area contributed by atoms with Gasteiger partial charge in [0.25, 0.3) is 0 Å². The van der Waals surface area contributed by atoms with E-state index in [4.69, 9.17) is 0 Å². The summed E-state index contributed by atoms with van der Waals surface area (Å²) in [6.45, 7) is 0. The number of halogens is 14. The minimum atomic E-state index is -6.87. The number of rotatable bonds is 8. The molecule has 0 rings (SSSR count). The van der Waals surface area contributed by atoms with E-state index in [1.54, 1.807) is 9.47 Å². The highest BCUT2D eigenvalue weighted by molar-refractivity contribution is 4.81. The first kappa shape index (κ1) is 23.4.